The van der Waals surface area contributed by atoms with Gasteiger partial charge in [-0.1, -0.05) is 0 Å². The van der Waals surface area contributed by atoms with E-state index in [1.54, 1.807) is 17.9 Å². The van der Waals surface area contributed by atoms with Gasteiger partial charge in [-0.15, -0.1) is 0 Å². The SMILES string of the molecule is Cn1cc(C(=O)NCCC(=O)N2CCCC2)cn1. The summed E-state index contributed by atoms with van der Waals surface area (Å²) in [5, 5.41) is 6.65. The maximum atomic E-state index is 11.7. The van der Waals surface area contributed by atoms with Crippen molar-refractivity contribution < 1.29 is 9.59 Å². The molecule has 18 heavy (non-hydrogen) atoms. The predicted molar refractivity (Wildman–Crippen MR) is 66.0 cm³/mol. The summed E-state index contributed by atoms with van der Waals surface area (Å²) in [5.41, 5.74) is 0.520. The van der Waals surface area contributed by atoms with Gasteiger partial charge in [0.2, 0.25) is 5.91 Å². The molecule has 0 unspecified atom stereocenters. The smallest absolute Gasteiger partial charge is 0.254 e. The molecule has 2 rings (SSSR count). The van der Waals surface area contributed by atoms with Crippen LogP contribution in [0.15, 0.2) is 12.4 Å². The molecule has 1 aliphatic rings. The molecule has 2 amide bonds. The number of rotatable bonds is 4. The average molecular weight is 250 g/mol. The van der Waals surface area contributed by atoms with E-state index in [1.807, 2.05) is 4.90 Å². The number of carbonyl (C=O) groups is 2. The van der Waals surface area contributed by atoms with E-state index in [4.69, 9.17) is 0 Å². The first-order chi connectivity index (χ1) is 8.66. The van der Waals surface area contributed by atoms with E-state index in [9.17, 15) is 9.59 Å². The number of carbonyl (C=O) groups excluding carboxylic acids is 2. The van der Waals surface area contributed by atoms with Crippen molar-refractivity contribution in [2.75, 3.05) is 19.6 Å². The fourth-order valence-corrected chi connectivity index (χ4v) is 2.05. The molecule has 0 saturated carbocycles. The summed E-state index contributed by atoms with van der Waals surface area (Å²) in [4.78, 5) is 25.3. The molecule has 1 N–H and O–H groups in total. The van der Waals surface area contributed by atoms with Crippen LogP contribution in [0, 0.1) is 0 Å². The molecule has 1 aromatic rings. The molecule has 1 fully saturated rings. The molecule has 0 aliphatic carbocycles. The van der Waals surface area contributed by atoms with Crippen molar-refractivity contribution in [2.24, 2.45) is 7.05 Å². The minimum Gasteiger partial charge on any atom is -0.351 e. The van der Waals surface area contributed by atoms with Crippen LogP contribution in [-0.2, 0) is 11.8 Å². The molecule has 1 aliphatic heterocycles. The lowest BCUT2D eigenvalue weighted by Crippen LogP contribution is -2.32. The van der Waals surface area contributed by atoms with Gasteiger partial charge in [0.05, 0.1) is 11.8 Å². The first kappa shape index (κ1) is 12.6. The normalized spacial score (nSPS) is 14.8. The standard InChI is InChI=1S/C12H18N4O2/c1-15-9-10(8-14-15)12(18)13-5-4-11(17)16-6-2-3-7-16/h8-9H,2-7H2,1H3,(H,13,18). The van der Waals surface area contributed by atoms with E-state index in [-0.39, 0.29) is 11.8 Å². The number of aromatic nitrogens is 2. The summed E-state index contributed by atoms with van der Waals surface area (Å²) in [6.45, 7) is 2.09. The Morgan fingerprint density at radius 3 is 2.72 bits per heavy atom. The van der Waals surface area contributed by atoms with Crippen LogP contribution in [0.3, 0.4) is 0 Å². The Morgan fingerprint density at radius 1 is 1.39 bits per heavy atom. The van der Waals surface area contributed by atoms with Crippen LogP contribution in [0.1, 0.15) is 29.6 Å². The van der Waals surface area contributed by atoms with Crippen molar-refractivity contribution in [2.45, 2.75) is 19.3 Å². The van der Waals surface area contributed by atoms with E-state index in [0.29, 0.717) is 18.5 Å². The lowest BCUT2D eigenvalue weighted by Gasteiger charge is -2.14. The first-order valence-corrected chi connectivity index (χ1v) is 6.21. The van der Waals surface area contributed by atoms with Crippen LogP contribution >= 0.6 is 0 Å². The zero-order chi connectivity index (χ0) is 13.0. The van der Waals surface area contributed by atoms with Gasteiger partial charge in [-0.25, -0.2) is 0 Å². The maximum absolute atomic E-state index is 11.7. The molecular formula is C12H18N4O2. The second kappa shape index (κ2) is 5.66. The number of nitrogens with zero attached hydrogens (tertiary/aromatic N) is 3. The Labute approximate surface area is 106 Å². The zero-order valence-electron chi connectivity index (χ0n) is 10.6. The summed E-state index contributed by atoms with van der Waals surface area (Å²) in [6.07, 6.45) is 5.71. The number of nitrogens with one attached hydrogen (secondary N) is 1. The van der Waals surface area contributed by atoms with Crippen LogP contribution < -0.4 is 5.32 Å². The number of amides is 2. The molecule has 0 atom stereocenters. The molecule has 0 bridgehead atoms. The highest BCUT2D eigenvalue weighted by atomic mass is 16.2. The molecule has 2 heterocycles. The van der Waals surface area contributed by atoms with E-state index >= 15 is 0 Å². The van der Waals surface area contributed by atoms with Gasteiger partial charge in [-0.3, -0.25) is 14.3 Å². The van der Waals surface area contributed by atoms with Gasteiger partial charge >= 0.3 is 0 Å². The minimum absolute atomic E-state index is 0.124. The number of likely N-dealkylation sites (tertiary alicyclic amines) is 1. The van der Waals surface area contributed by atoms with Crippen LogP contribution in [-0.4, -0.2) is 46.1 Å². The summed E-state index contributed by atoms with van der Waals surface area (Å²) in [5.74, 6) is -0.0590. The first-order valence-electron chi connectivity index (χ1n) is 6.21. The van der Waals surface area contributed by atoms with Crippen molar-refractivity contribution in [3.05, 3.63) is 18.0 Å². The number of hydrogen-bond acceptors (Lipinski definition) is 3. The van der Waals surface area contributed by atoms with Gasteiger partial charge in [0.25, 0.3) is 5.91 Å². The van der Waals surface area contributed by atoms with Crippen LogP contribution in [0.25, 0.3) is 0 Å². The summed E-state index contributed by atoms with van der Waals surface area (Å²) in [6, 6.07) is 0. The molecular weight excluding hydrogens is 232 g/mol. The molecule has 6 heteroatoms. The highest BCUT2D eigenvalue weighted by Gasteiger charge is 2.17. The van der Waals surface area contributed by atoms with Crippen molar-refractivity contribution in [1.82, 2.24) is 20.0 Å². The van der Waals surface area contributed by atoms with Crippen LogP contribution in [0.5, 0.6) is 0 Å². The zero-order valence-corrected chi connectivity index (χ0v) is 10.6. The third-order valence-corrected chi connectivity index (χ3v) is 3.05. The van der Waals surface area contributed by atoms with E-state index in [0.717, 1.165) is 25.9 Å². The van der Waals surface area contributed by atoms with Gasteiger partial charge in [0, 0.05) is 39.3 Å². The van der Waals surface area contributed by atoms with Crippen molar-refractivity contribution in [3.63, 3.8) is 0 Å². The van der Waals surface area contributed by atoms with Crippen LogP contribution in [0.2, 0.25) is 0 Å². The third kappa shape index (κ3) is 3.09. The minimum atomic E-state index is -0.183. The van der Waals surface area contributed by atoms with Crippen molar-refractivity contribution in [3.8, 4) is 0 Å². The molecule has 0 spiro atoms. The molecule has 6 nitrogen and oxygen atoms in total. The predicted octanol–water partition coefficient (Wildman–Crippen LogP) is 0.162. The Balaban J connectivity index is 1.71. The summed E-state index contributed by atoms with van der Waals surface area (Å²) in [7, 11) is 1.76. The fourth-order valence-electron chi connectivity index (χ4n) is 2.05. The highest BCUT2D eigenvalue weighted by Crippen LogP contribution is 2.08. The van der Waals surface area contributed by atoms with E-state index < -0.39 is 0 Å². The van der Waals surface area contributed by atoms with Gasteiger partial charge in [-0.2, -0.15) is 5.10 Å². The second-order valence-corrected chi connectivity index (χ2v) is 4.50. The number of aryl methyl sites for hydroxylation is 1. The lowest BCUT2D eigenvalue weighted by atomic mass is 10.3. The summed E-state index contributed by atoms with van der Waals surface area (Å²) >= 11 is 0. The molecule has 0 aromatic carbocycles. The van der Waals surface area contributed by atoms with E-state index in [1.165, 1.54) is 6.20 Å². The Bertz CT molecular complexity index is 435. The second-order valence-electron chi connectivity index (χ2n) is 4.50. The quantitative estimate of drug-likeness (QED) is 0.828. The monoisotopic (exact) mass is 250 g/mol. The molecule has 1 saturated heterocycles. The van der Waals surface area contributed by atoms with E-state index in [2.05, 4.69) is 10.4 Å². The third-order valence-electron chi connectivity index (χ3n) is 3.05. The largest absolute Gasteiger partial charge is 0.351 e. The topological polar surface area (TPSA) is 67.2 Å². The van der Waals surface area contributed by atoms with Crippen LogP contribution in [0.4, 0.5) is 0 Å². The lowest BCUT2D eigenvalue weighted by molar-refractivity contribution is -0.129. The maximum Gasteiger partial charge on any atom is 0.254 e. The van der Waals surface area contributed by atoms with Gasteiger partial charge in [0.15, 0.2) is 0 Å². The summed E-state index contributed by atoms with van der Waals surface area (Å²) < 4.78 is 1.57. The highest BCUT2D eigenvalue weighted by molar-refractivity contribution is 5.93. The molecule has 98 valence electrons. The van der Waals surface area contributed by atoms with Gasteiger partial charge in [0.1, 0.15) is 0 Å². The average Bonchev–Trinajstić information content (AvgIpc) is 2.99. The molecule has 1 aromatic heterocycles. The van der Waals surface area contributed by atoms with Gasteiger partial charge in [-0.05, 0) is 12.8 Å². The fraction of sp³-hybridized carbons (Fsp3) is 0.583. The van der Waals surface area contributed by atoms with Gasteiger partial charge < -0.3 is 10.2 Å². The Hall–Kier alpha value is -1.85. The van der Waals surface area contributed by atoms with Crippen molar-refractivity contribution >= 4 is 11.8 Å². The Kier molecular flexibility index (Phi) is 3.96. The Morgan fingerprint density at radius 2 is 2.11 bits per heavy atom. The van der Waals surface area contributed by atoms with Crippen molar-refractivity contribution in [1.29, 1.82) is 0 Å². The number of hydrogen-bond donors (Lipinski definition) is 1. The molecule has 0 radical (unpaired) electrons.